The van der Waals surface area contributed by atoms with E-state index in [2.05, 4.69) is 15.7 Å². The highest BCUT2D eigenvalue weighted by Crippen LogP contribution is 2.33. The molecule has 3 rings (SSSR count). The Kier molecular flexibility index (Phi) is 6.06. The van der Waals surface area contributed by atoms with E-state index in [0.717, 1.165) is 23.4 Å². The van der Waals surface area contributed by atoms with Gasteiger partial charge in [0.1, 0.15) is 5.75 Å². The predicted octanol–water partition coefficient (Wildman–Crippen LogP) is 4.26. The normalized spacial score (nSPS) is 11.2. The van der Waals surface area contributed by atoms with Gasteiger partial charge in [-0.3, -0.25) is 0 Å². The van der Waals surface area contributed by atoms with E-state index in [-0.39, 0.29) is 5.69 Å². The lowest BCUT2D eigenvalue weighted by atomic mass is 10.1. The molecule has 29 heavy (non-hydrogen) atoms. The van der Waals surface area contributed by atoms with Crippen LogP contribution in [0.3, 0.4) is 0 Å². The number of alkyl halides is 3. The number of urea groups is 1. The molecule has 0 spiro atoms. The Labute approximate surface area is 165 Å². The number of halogens is 3. The van der Waals surface area contributed by atoms with Crippen LogP contribution in [0.1, 0.15) is 11.1 Å². The van der Waals surface area contributed by atoms with Crippen LogP contribution in [0.15, 0.2) is 60.9 Å². The zero-order valence-corrected chi connectivity index (χ0v) is 15.5. The van der Waals surface area contributed by atoms with Gasteiger partial charge in [0.25, 0.3) is 0 Å². The van der Waals surface area contributed by atoms with Gasteiger partial charge in [-0.2, -0.15) is 18.3 Å². The second kappa shape index (κ2) is 8.68. The summed E-state index contributed by atoms with van der Waals surface area (Å²) in [4.78, 5) is 12.2. The van der Waals surface area contributed by atoms with E-state index in [1.165, 1.54) is 16.9 Å². The third-order valence-electron chi connectivity index (χ3n) is 4.18. The summed E-state index contributed by atoms with van der Waals surface area (Å²) >= 11 is 0. The lowest BCUT2D eigenvalue weighted by Gasteiger charge is -2.15. The fourth-order valence-electron chi connectivity index (χ4n) is 2.70. The number of nitrogens with zero attached hydrogens (tertiary/aromatic N) is 2. The Morgan fingerprint density at radius 2 is 1.93 bits per heavy atom. The number of hydrogen-bond donors (Lipinski definition) is 2. The van der Waals surface area contributed by atoms with Crippen LogP contribution in [0.4, 0.5) is 23.7 Å². The Hall–Kier alpha value is -3.49. The Bertz CT molecular complexity index is 955. The van der Waals surface area contributed by atoms with Gasteiger partial charge in [-0.15, -0.1) is 0 Å². The highest BCUT2D eigenvalue weighted by atomic mass is 19.4. The molecule has 152 valence electrons. The molecule has 0 atom stereocenters. The number of amides is 2. The summed E-state index contributed by atoms with van der Waals surface area (Å²) in [5.74, 6) is 0.732. The first-order chi connectivity index (χ1) is 13.9. The van der Waals surface area contributed by atoms with Gasteiger partial charge in [-0.25, -0.2) is 9.48 Å². The van der Waals surface area contributed by atoms with Crippen LogP contribution in [-0.4, -0.2) is 29.5 Å². The average molecular weight is 404 g/mol. The topological polar surface area (TPSA) is 68.2 Å². The van der Waals surface area contributed by atoms with Crippen LogP contribution < -0.4 is 15.4 Å². The van der Waals surface area contributed by atoms with Gasteiger partial charge in [-0.05, 0) is 48.4 Å². The summed E-state index contributed by atoms with van der Waals surface area (Å²) in [6.45, 7) is 0.314. The minimum absolute atomic E-state index is 0.00507. The zero-order valence-electron chi connectivity index (χ0n) is 15.5. The molecule has 9 heteroatoms. The summed E-state index contributed by atoms with van der Waals surface area (Å²) in [6, 6.07) is 11.5. The molecule has 0 bridgehead atoms. The minimum atomic E-state index is -4.52. The van der Waals surface area contributed by atoms with Gasteiger partial charge in [0.2, 0.25) is 0 Å². The van der Waals surface area contributed by atoms with Crippen molar-refractivity contribution in [1.29, 1.82) is 0 Å². The first kappa shape index (κ1) is 20.2. The highest BCUT2D eigenvalue weighted by Gasteiger charge is 2.31. The smallest absolute Gasteiger partial charge is 0.416 e. The van der Waals surface area contributed by atoms with Gasteiger partial charge in [0, 0.05) is 18.9 Å². The molecule has 6 nitrogen and oxygen atoms in total. The Morgan fingerprint density at radius 1 is 1.17 bits per heavy atom. The number of rotatable bonds is 6. The molecule has 0 saturated carbocycles. The molecule has 0 aliphatic carbocycles. The minimum Gasteiger partial charge on any atom is -0.497 e. The van der Waals surface area contributed by atoms with Gasteiger partial charge in [-0.1, -0.05) is 12.1 Å². The van der Waals surface area contributed by atoms with Crippen LogP contribution in [0, 0.1) is 0 Å². The van der Waals surface area contributed by atoms with Crippen LogP contribution >= 0.6 is 0 Å². The molecule has 2 amide bonds. The molecular formula is C20H19F3N4O2. The van der Waals surface area contributed by atoms with Crippen molar-refractivity contribution in [3.05, 3.63) is 72.1 Å². The second-order valence-electron chi connectivity index (χ2n) is 6.16. The molecule has 1 aromatic heterocycles. The number of aromatic nitrogens is 2. The van der Waals surface area contributed by atoms with E-state index in [9.17, 15) is 18.0 Å². The number of ether oxygens (including phenoxy) is 1. The number of hydrogen-bond acceptors (Lipinski definition) is 3. The molecule has 3 aromatic rings. The fourth-order valence-corrected chi connectivity index (χ4v) is 2.70. The summed E-state index contributed by atoms with van der Waals surface area (Å²) < 4.78 is 45.7. The van der Waals surface area contributed by atoms with E-state index in [1.807, 2.05) is 24.3 Å². The first-order valence-electron chi connectivity index (χ1n) is 8.76. The Morgan fingerprint density at radius 3 is 2.55 bits per heavy atom. The number of carbonyl (C=O) groups is 1. The lowest BCUT2D eigenvalue weighted by molar-refractivity contribution is -0.137. The van der Waals surface area contributed by atoms with E-state index in [0.29, 0.717) is 18.7 Å². The van der Waals surface area contributed by atoms with E-state index in [1.54, 1.807) is 19.4 Å². The second-order valence-corrected chi connectivity index (χ2v) is 6.16. The van der Waals surface area contributed by atoms with E-state index >= 15 is 0 Å². The maximum atomic E-state index is 13.1. The van der Waals surface area contributed by atoms with Crippen LogP contribution in [0.2, 0.25) is 0 Å². The zero-order chi connectivity index (χ0) is 20.9. The van der Waals surface area contributed by atoms with Gasteiger partial charge >= 0.3 is 12.2 Å². The number of nitrogens with one attached hydrogen (secondary N) is 2. The number of methoxy groups -OCH3 is 1. The first-order valence-corrected chi connectivity index (χ1v) is 8.76. The molecule has 0 saturated heterocycles. The maximum absolute atomic E-state index is 13.1. The Balaban J connectivity index is 1.67. The third-order valence-corrected chi connectivity index (χ3v) is 4.18. The van der Waals surface area contributed by atoms with Crippen LogP contribution in [0.5, 0.6) is 5.75 Å². The van der Waals surface area contributed by atoms with Gasteiger partial charge in [0.05, 0.1) is 24.0 Å². The fraction of sp³-hybridized carbons (Fsp3) is 0.200. The molecule has 0 aliphatic rings. The molecule has 2 aromatic carbocycles. The van der Waals surface area contributed by atoms with Crippen molar-refractivity contribution in [2.75, 3.05) is 19.0 Å². The van der Waals surface area contributed by atoms with Crippen molar-refractivity contribution in [1.82, 2.24) is 15.1 Å². The van der Waals surface area contributed by atoms with E-state index < -0.39 is 17.8 Å². The average Bonchev–Trinajstić information content (AvgIpc) is 3.22. The van der Waals surface area contributed by atoms with E-state index in [4.69, 9.17) is 4.74 Å². The summed E-state index contributed by atoms with van der Waals surface area (Å²) in [6.07, 6.45) is -0.887. The number of anilines is 1. The third kappa shape index (κ3) is 5.28. The monoisotopic (exact) mass is 404 g/mol. The molecule has 0 unspecified atom stereocenters. The van der Waals surface area contributed by atoms with Crippen LogP contribution in [0.25, 0.3) is 5.69 Å². The summed E-state index contributed by atoms with van der Waals surface area (Å²) in [5.41, 5.74) is 0.461. The molecule has 0 radical (unpaired) electrons. The van der Waals surface area contributed by atoms with Crippen molar-refractivity contribution in [3.63, 3.8) is 0 Å². The lowest BCUT2D eigenvalue weighted by Crippen LogP contribution is -2.31. The SMILES string of the molecule is COc1ccc(CCNC(=O)Nc2cc(C(F)(F)F)ccc2-n2cccn2)cc1. The highest BCUT2D eigenvalue weighted by molar-refractivity contribution is 5.91. The van der Waals surface area contributed by atoms with Crippen molar-refractivity contribution >= 4 is 11.7 Å². The maximum Gasteiger partial charge on any atom is 0.416 e. The number of carbonyl (C=O) groups excluding carboxylic acids is 1. The molecule has 1 heterocycles. The van der Waals surface area contributed by atoms with Crippen molar-refractivity contribution in [2.45, 2.75) is 12.6 Å². The summed E-state index contributed by atoms with van der Waals surface area (Å²) in [7, 11) is 1.58. The standard InChI is InChI=1S/C20H19F3N4O2/c1-29-16-6-3-14(4-7-16)9-11-24-19(28)26-17-13-15(20(21,22)23)5-8-18(17)27-12-2-10-25-27/h2-8,10,12-13H,9,11H2,1H3,(H2,24,26,28). The molecule has 0 fully saturated rings. The molecule has 0 aliphatic heterocycles. The van der Waals surface area contributed by atoms with Crippen LogP contribution in [-0.2, 0) is 12.6 Å². The molecular weight excluding hydrogens is 385 g/mol. The molecule has 2 N–H and O–H groups in total. The predicted molar refractivity (Wildman–Crippen MR) is 102 cm³/mol. The largest absolute Gasteiger partial charge is 0.497 e. The number of benzene rings is 2. The van der Waals surface area contributed by atoms with Gasteiger partial charge < -0.3 is 15.4 Å². The van der Waals surface area contributed by atoms with Crippen molar-refractivity contribution in [3.8, 4) is 11.4 Å². The van der Waals surface area contributed by atoms with Crippen molar-refractivity contribution < 1.29 is 22.7 Å². The summed E-state index contributed by atoms with van der Waals surface area (Å²) in [5, 5.41) is 9.15. The van der Waals surface area contributed by atoms with Crippen molar-refractivity contribution in [2.24, 2.45) is 0 Å². The quantitative estimate of drug-likeness (QED) is 0.645. The van der Waals surface area contributed by atoms with Gasteiger partial charge in [0.15, 0.2) is 0 Å².